The Bertz CT molecular complexity index is 499. The minimum atomic E-state index is -0.210. The molecule has 0 saturated carbocycles. The Balaban J connectivity index is 2.30. The number of nitrogens with zero attached hydrogens (tertiary/aromatic N) is 2. The van der Waals surface area contributed by atoms with Gasteiger partial charge >= 0.3 is 0 Å². The van der Waals surface area contributed by atoms with Crippen LogP contribution in [0.15, 0.2) is 28.8 Å². The third-order valence-corrected chi connectivity index (χ3v) is 2.90. The number of methoxy groups -OCH3 is 1. The van der Waals surface area contributed by atoms with Crippen LogP contribution in [0.5, 0.6) is 5.75 Å². The van der Waals surface area contributed by atoms with Gasteiger partial charge in [-0.3, -0.25) is 0 Å². The summed E-state index contributed by atoms with van der Waals surface area (Å²) >= 11 is 6.04. The maximum Gasteiger partial charge on any atom is 0.258 e. The van der Waals surface area contributed by atoms with Crippen molar-refractivity contribution in [3.8, 4) is 17.2 Å². The fraction of sp³-hybridized carbons (Fsp3) is 0.333. The van der Waals surface area contributed by atoms with Gasteiger partial charge in [0, 0.05) is 5.56 Å². The molecule has 0 spiro atoms. The molecule has 1 aromatic heterocycles. The molecule has 0 N–H and O–H groups in total. The highest BCUT2D eigenvalue weighted by Gasteiger charge is 2.15. The fourth-order valence-electron chi connectivity index (χ4n) is 1.42. The molecule has 2 aromatic rings. The lowest BCUT2D eigenvalue weighted by atomic mass is 10.2. The smallest absolute Gasteiger partial charge is 0.258 e. The van der Waals surface area contributed by atoms with Crippen LogP contribution in [0.25, 0.3) is 11.5 Å². The van der Waals surface area contributed by atoms with E-state index >= 15 is 0 Å². The second kappa shape index (κ2) is 5.19. The summed E-state index contributed by atoms with van der Waals surface area (Å²) < 4.78 is 10.3. The van der Waals surface area contributed by atoms with Gasteiger partial charge in [-0.15, -0.1) is 11.6 Å². The van der Waals surface area contributed by atoms with Gasteiger partial charge in [0.2, 0.25) is 0 Å². The lowest BCUT2D eigenvalue weighted by Crippen LogP contribution is -1.90. The van der Waals surface area contributed by atoms with E-state index in [1.807, 2.05) is 31.2 Å². The number of hydrogen-bond acceptors (Lipinski definition) is 4. The Morgan fingerprint density at radius 3 is 3.00 bits per heavy atom. The van der Waals surface area contributed by atoms with E-state index in [1.54, 1.807) is 7.11 Å². The molecular formula is C12H13ClN2O2. The summed E-state index contributed by atoms with van der Waals surface area (Å²) in [7, 11) is 1.62. The van der Waals surface area contributed by atoms with Crippen molar-refractivity contribution >= 4 is 11.6 Å². The predicted molar refractivity (Wildman–Crippen MR) is 65.2 cm³/mol. The molecule has 0 saturated heterocycles. The Morgan fingerprint density at radius 2 is 2.29 bits per heavy atom. The first-order valence-corrected chi connectivity index (χ1v) is 5.80. The Morgan fingerprint density at radius 1 is 1.47 bits per heavy atom. The Hall–Kier alpha value is -1.55. The molecule has 90 valence electrons. The van der Waals surface area contributed by atoms with Crippen molar-refractivity contribution in [3.05, 3.63) is 30.1 Å². The largest absolute Gasteiger partial charge is 0.497 e. The maximum absolute atomic E-state index is 6.04. The second-order valence-electron chi connectivity index (χ2n) is 3.57. The number of aromatic nitrogens is 2. The van der Waals surface area contributed by atoms with E-state index in [2.05, 4.69) is 10.1 Å². The van der Waals surface area contributed by atoms with Crippen molar-refractivity contribution in [1.29, 1.82) is 0 Å². The van der Waals surface area contributed by atoms with Gasteiger partial charge in [0.25, 0.3) is 5.89 Å². The van der Waals surface area contributed by atoms with Crippen LogP contribution in [0.2, 0.25) is 0 Å². The highest BCUT2D eigenvalue weighted by Crippen LogP contribution is 2.26. The Kier molecular flexibility index (Phi) is 3.64. The zero-order valence-corrected chi connectivity index (χ0v) is 10.4. The number of alkyl halides is 1. The first-order valence-electron chi connectivity index (χ1n) is 5.36. The van der Waals surface area contributed by atoms with Crippen molar-refractivity contribution < 1.29 is 9.26 Å². The van der Waals surface area contributed by atoms with Gasteiger partial charge in [0.15, 0.2) is 5.82 Å². The van der Waals surface area contributed by atoms with E-state index in [0.29, 0.717) is 11.7 Å². The molecule has 0 fully saturated rings. The molecule has 1 aromatic carbocycles. The molecule has 1 heterocycles. The monoisotopic (exact) mass is 252 g/mol. The van der Waals surface area contributed by atoms with Gasteiger partial charge in [0.05, 0.1) is 12.5 Å². The molecule has 0 radical (unpaired) electrons. The summed E-state index contributed by atoms with van der Waals surface area (Å²) in [6, 6.07) is 7.45. The van der Waals surface area contributed by atoms with Crippen molar-refractivity contribution in [3.63, 3.8) is 0 Å². The van der Waals surface area contributed by atoms with Crippen LogP contribution in [0.3, 0.4) is 0 Å². The molecule has 2 rings (SSSR count). The maximum atomic E-state index is 6.04. The molecule has 5 heteroatoms. The van der Waals surface area contributed by atoms with E-state index in [9.17, 15) is 0 Å². The van der Waals surface area contributed by atoms with E-state index < -0.39 is 0 Å². The number of halogens is 1. The third kappa shape index (κ3) is 2.58. The molecule has 1 unspecified atom stereocenters. The van der Waals surface area contributed by atoms with Crippen LogP contribution in [-0.4, -0.2) is 17.3 Å². The van der Waals surface area contributed by atoms with E-state index in [-0.39, 0.29) is 5.38 Å². The number of rotatable bonds is 4. The highest BCUT2D eigenvalue weighted by atomic mass is 35.5. The average molecular weight is 253 g/mol. The first-order chi connectivity index (χ1) is 8.24. The van der Waals surface area contributed by atoms with E-state index in [0.717, 1.165) is 17.7 Å². The molecule has 0 aliphatic heterocycles. The van der Waals surface area contributed by atoms with Gasteiger partial charge in [-0.05, 0) is 24.6 Å². The zero-order chi connectivity index (χ0) is 12.3. The van der Waals surface area contributed by atoms with Gasteiger partial charge in [-0.25, -0.2) is 0 Å². The summed E-state index contributed by atoms with van der Waals surface area (Å²) in [4.78, 5) is 4.26. The molecule has 0 amide bonds. The summed E-state index contributed by atoms with van der Waals surface area (Å²) in [5.41, 5.74) is 0.822. The van der Waals surface area contributed by atoms with Crippen molar-refractivity contribution in [2.45, 2.75) is 18.7 Å². The summed E-state index contributed by atoms with van der Waals surface area (Å²) in [6.45, 7) is 1.97. The number of hydrogen-bond donors (Lipinski definition) is 0. The lowest BCUT2D eigenvalue weighted by Gasteiger charge is -2.00. The molecule has 1 atom stereocenters. The van der Waals surface area contributed by atoms with Crippen molar-refractivity contribution in [1.82, 2.24) is 10.1 Å². The van der Waals surface area contributed by atoms with Crippen LogP contribution in [0.1, 0.15) is 24.5 Å². The van der Waals surface area contributed by atoms with Crippen molar-refractivity contribution in [2.24, 2.45) is 0 Å². The van der Waals surface area contributed by atoms with Gasteiger partial charge < -0.3 is 9.26 Å². The topological polar surface area (TPSA) is 48.2 Å². The summed E-state index contributed by atoms with van der Waals surface area (Å²) in [5.74, 6) is 1.73. The predicted octanol–water partition coefficient (Wildman–Crippen LogP) is 3.44. The zero-order valence-electron chi connectivity index (χ0n) is 9.68. The van der Waals surface area contributed by atoms with Crippen LogP contribution >= 0.6 is 11.6 Å². The number of benzene rings is 1. The minimum Gasteiger partial charge on any atom is -0.497 e. The molecule has 17 heavy (non-hydrogen) atoms. The fourth-order valence-corrected chi connectivity index (χ4v) is 1.51. The SMILES string of the molecule is CCC(Cl)c1noc(-c2cccc(OC)c2)n1. The standard InChI is InChI=1S/C12H13ClN2O2/c1-3-10(13)11-14-12(17-15-11)8-5-4-6-9(7-8)16-2/h4-7,10H,3H2,1-2H3. The van der Waals surface area contributed by atoms with Crippen LogP contribution in [0.4, 0.5) is 0 Å². The lowest BCUT2D eigenvalue weighted by molar-refractivity contribution is 0.411. The van der Waals surface area contributed by atoms with E-state index in [4.69, 9.17) is 20.9 Å². The average Bonchev–Trinajstić information content (AvgIpc) is 2.87. The second-order valence-corrected chi connectivity index (χ2v) is 4.09. The quantitative estimate of drug-likeness (QED) is 0.782. The highest BCUT2D eigenvalue weighted by molar-refractivity contribution is 6.20. The summed E-state index contributed by atoms with van der Waals surface area (Å²) in [6.07, 6.45) is 0.763. The van der Waals surface area contributed by atoms with Gasteiger partial charge in [-0.1, -0.05) is 18.1 Å². The molecule has 0 aliphatic rings. The van der Waals surface area contributed by atoms with E-state index in [1.165, 1.54) is 0 Å². The van der Waals surface area contributed by atoms with Crippen LogP contribution in [-0.2, 0) is 0 Å². The third-order valence-electron chi connectivity index (χ3n) is 2.40. The van der Waals surface area contributed by atoms with Crippen LogP contribution in [0, 0.1) is 0 Å². The first kappa shape index (κ1) is 11.9. The van der Waals surface area contributed by atoms with Gasteiger partial charge in [0.1, 0.15) is 5.75 Å². The Labute approximate surface area is 105 Å². The molecule has 0 bridgehead atoms. The summed E-state index contributed by atoms with van der Waals surface area (Å²) in [5, 5.41) is 3.65. The number of ether oxygens (including phenoxy) is 1. The van der Waals surface area contributed by atoms with Gasteiger partial charge in [-0.2, -0.15) is 4.98 Å². The van der Waals surface area contributed by atoms with Crippen molar-refractivity contribution in [2.75, 3.05) is 7.11 Å². The molecule has 0 aliphatic carbocycles. The molecular weight excluding hydrogens is 240 g/mol. The minimum absolute atomic E-state index is 0.210. The van der Waals surface area contributed by atoms with Crippen LogP contribution < -0.4 is 4.74 Å². The normalized spacial score (nSPS) is 12.4. The molecule has 4 nitrogen and oxygen atoms in total.